The van der Waals surface area contributed by atoms with Crippen LogP contribution >= 0.6 is 15.9 Å². The SMILES string of the molecule is COc1cc(Br)cc(CC(=O)O)c1OCc1ccccc1. The molecule has 5 heteroatoms. The molecule has 0 aromatic heterocycles. The van der Waals surface area contributed by atoms with E-state index in [-0.39, 0.29) is 6.42 Å². The molecule has 0 spiro atoms. The van der Waals surface area contributed by atoms with E-state index in [2.05, 4.69) is 15.9 Å². The maximum absolute atomic E-state index is 11.0. The normalized spacial score (nSPS) is 10.2. The molecule has 1 N–H and O–H groups in total. The Morgan fingerprint density at radius 2 is 1.95 bits per heavy atom. The standard InChI is InChI=1S/C16H15BrO4/c1-20-14-9-13(17)7-12(8-15(18)19)16(14)21-10-11-5-3-2-4-6-11/h2-7,9H,8,10H2,1H3,(H,18,19). The second-order valence-corrected chi connectivity index (χ2v) is 5.36. The van der Waals surface area contributed by atoms with Gasteiger partial charge in [0.15, 0.2) is 11.5 Å². The first-order chi connectivity index (χ1) is 10.1. The summed E-state index contributed by atoms with van der Waals surface area (Å²) in [4.78, 5) is 11.0. The van der Waals surface area contributed by atoms with Crippen LogP contribution in [0.3, 0.4) is 0 Å². The summed E-state index contributed by atoms with van der Waals surface area (Å²) < 4.78 is 11.8. The molecule has 110 valence electrons. The van der Waals surface area contributed by atoms with E-state index in [1.165, 1.54) is 7.11 Å². The fraction of sp³-hybridized carbons (Fsp3) is 0.188. The van der Waals surface area contributed by atoms with Gasteiger partial charge in [-0.1, -0.05) is 46.3 Å². The molecular formula is C16H15BrO4. The van der Waals surface area contributed by atoms with Gasteiger partial charge < -0.3 is 14.6 Å². The highest BCUT2D eigenvalue weighted by Crippen LogP contribution is 2.35. The molecule has 21 heavy (non-hydrogen) atoms. The van der Waals surface area contributed by atoms with Crippen molar-refractivity contribution in [3.63, 3.8) is 0 Å². The minimum absolute atomic E-state index is 0.125. The van der Waals surface area contributed by atoms with Gasteiger partial charge in [-0.15, -0.1) is 0 Å². The molecule has 0 saturated heterocycles. The molecule has 2 aromatic rings. The summed E-state index contributed by atoms with van der Waals surface area (Å²) in [5.41, 5.74) is 1.58. The minimum atomic E-state index is -0.917. The molecule has 2 rings (SSSR count). The molecule has 2 aromatic carbocycles. The van der Waals surface area contributed by atoms with Crippen molar-refractivity contribution in [1.29, 1.82) is 0 Å². The number of methoxy groups -OCH3 is 1. The molecule has 0 unspecified atom stereocenters. The number of hydrogen-bond donors (Lipinski definition) is 1. The van der Waals surface area contributed by atoms with Crippen LogP contribution in [0.4, 0.5) is 0 Å². The molecule has 0 atom stereocenters. The second-order valence-electron chi connectivity index (χ2n) is 4.44. The van der Waals surface area contributed by atoms with E-state index in [1.54, 1.807) is 12.1 Å². The fourth-order valence-electron chi connectivity index (χ4n) is 1.96. The van der Waals surface area contributed by atoms with Gasteiger partial charge in [-0.05, 0) is 17.7 Å². The average Bonchev–Trinajstić information content (AvgIpc) is 2.46. The van der Waals surface area contributed by atoms with Crippen LogP contribution in [0.2, 0.25) is 0 Å². The highest BCUT2D eigenvalue weighted by molar-refractivity contribution is 9.10. The van der Waals surface area contributed by atoms with Crippen molar-refractivity contribution >= 4 is 21.9 Å². The topological polar surface area (TPSA) is 55.8 Å². The summed E-state index contributed by atoms with van der Waals surface area (Å²) >= 11 is 3.35. The lowest BCUT2D eigenvalue weighted by Crippen LogP contribution is -2.06. The molecular weight excluding hydrogens is 336 g/mol. The number of rotatable bonds is 6. The van der Waals surface area contributed by atoms with Crippen molar-refractivity contribution in [2.24, 2.45) is 0 Å². The Hall–Kier alpha value is -2.01. The van der Waals surface area contributed by atoms with Crippen LogP contribution in [0.5, 0.6) is 11.5 Å². The van der Waals surface area contributed by atoms with Crippen LogP contribution in [0.15, 0.2) is 46.9 Å². The quantitative estimate of drug-likeness (QED) is 0.863. The highest BCUT2D eigenvalue weighted by atomic mass is 79.9. The number of aliphatic carboxylic acids is 1. The Labute approximate surface area is 131 Å². The first kappa shape index (κ1) is 15.4. The van der Waals surface area contributed by atoms with Crippen molar-refractivity contribution in [2.45, 2.75) is 13.0 Å². The Morgan fingerprint density at radius 1 is 1.24 bits per heavy atom. The van der Waals surface area contributed by atoms with Gasteiger partial charge in [-0.2, -0.15) is 0 Å². The Kier molecular flexibility index (Phi) is 5.22. The lowest BCUT2D eigenvalue weighted by Gasteiger charge is -2.15. The molecule has 0 amide bonds. The van der Waals surface area contributed by atoms with Crippen molar-refractivity contribution in [3.8, 4) is 11.5 Å². The average molecular weight is 351 g/mol. The number of carboxylic acids is 1. The van der Waals surface area contributed by atoms with Crippen molar-refractivity contribution in [2.75, 3.05) is 7.11 Å². The molecule has 0 saturated carbocycles. The van der Waals surface area contributed by atoms with Crippen LogP contribution in [-0.2, 0) is 17.8 Å². The summed E-state index contributed by atoms with van der Waals surface area (Å²) in [6, 6.07) is 13.2. The van der Waals surface area contributed by atoms with E-state index in [9.17, 15) is 4.79 Å². The van der Waals surface area contributed by atoms with Crippen LogP contribution in [0.25, 0.3) is 0 Å². The maximum atomic E-state index is 11.0. The van der Waals surface area contributed by atoms with E-state index in [0.29, 0.717) is 23.7 Å². The number of halogens is 1. The zero-order valence-electron chi connectivity index (χ0n) is 11.5. The highest BCUT2D eigenvalue weighted by Gasteiger charge is 2.15. The Bertz CT molecular complexity index is 626. The predicted octanol–water partition coefficient (Wildman–Crippen LogP) is 3.66. The molecule has 0 aliphatic carbocycles. The van der Waals surface area contributed by atoms with E-state index in [4.69, 9.17) is 14.6 Å². The van der Waals surface area contributed by atoms with Crippen molar-refractivity contribution in [1.82, 2.24) is 0 Å². The summed E-state index contributed by atoms with van der Waals surface area (Å²) in [6.07, 6.45) is -0.125. The summed E-state index contributed by atoms with van der Waals surface area (Å²) in [5.74, 6) is 0.0585. The summed E-state index contributed by atoms with van der Waals surface area (Å²) in [5, 5.41) is 9.02. The lowest BCUT2D eigenvalue weighted by molar-refractivity contribution is -0.136. The third-order valence-electron chi connectivity index (χ3n) is 2.88. The van der Waals surface area contributed by atoms with Gasteiger partial charge in [0.2, 0.25) is 0 Å². The second kappa shape index (κ2) is 7.13. The smallest absolute Gasteiger partial charge is 0.307 e. The van der Waals surface area contributed by atoms with Gasteiger partial charge in [0.1, 0.15) is 6.61 Å². The molecule has 4 nitrogen and oxygen atoms in total. The monoisotopic (exact) mass is 350 g/mol. The number of carboxylic acid groups (broad SMARTS) is 1. The van der Waals surface area contributed by atoms with Gasteiger partial charge in [-0.3, -0.25) is 4.79 Å². The molecule has 0 radical (unpaired) electrons. The first-order valence-corrected chi connectivity index (χ1v) is 7.14. The number of ether oxygens (including phenoxy) is 2. The molecule has 0 aliphatic rings. The van der Waals surface area contributed by atoms with Gasteiger partial charge in [0, 0.05) is 10.0 Å². The van der Waals surface area contributed by atoms with Crippen molar-refractivity contribution in [3.05, 3.63) is 58.1 Å². The number of benzene rings is 2. The molecule has 0 fully saturated rings. The van der Waals surface area contributed by atoms with Gasteiger partial charge in [0.05, 0.1) is 13.5 Å². The Balaban J connectivity index is 2.28. The van der Waals surface area contributed by atoms with Gasteiger partial charge >= 0.3 is 5.97 Å². The fourth-order valence-corrected chi connectivity index (χ4v) is 2.45. The van der Waals surface area contributed by atoms with E-state index >= 15 is 0 Å². The maximum Gasteiger partial charge on any atom is 0.307 e. The van der Waals surface area contributed by atoms with Crippen LogP contribution in [0.1, 0.15) is 11.1 Å². The zero-order chi connectivity index (χ0) is 15.2. The Morgan fingerprint density at radius 3 is 2.57 bits per heavy atom. The minimum Gasteiger partial charge on any atom is -0.493 e. The van der Waals surface area contributed by atoms with Crippen molar-refractivity contribution < 1.29 is 19.4 Å². The molecule has 0 bridgehead atoms. The number of carbonyl (C=O) groups is 1. The van der Waals surface area contributed by atoms with E-state index in [1.807, 2.05) is 30.3 Å². The first-order valence-electron chi connectivity index (χ1n) is 6.35. The van der Waals surface area contributed by atoms with E-state index in [0.717, 1.165) is 10.0 Å². The summed E-state index contributed by atoms with van der Waals surface area (Å²) in [6.45, 7) is 0.353. The third-order valence-corrected chi connectivity index (χ3v) is 3.34. The molecule has 0 heterocycles. The van der Waals surface area contributed by atoms with Crippen LogP contribution in [0, 0.1) is 0 Å². The largest absolute Gasteiger partial charge is 0.493 e. The van der Waals surface area contributed by atoms with Gasteiger partial charge in [0.25, 0.3) is 0 Å². The predicted molar refractivity (Wildman–Crippen MR) is 82.8 cm³/mol. The van der Waals surface area contributed by atoms with Crippen LogP contribution < -0.4 is 9.47 Å². The number of hydrogen-bond acceptors (Lipinski definition) is 3. The summed E-state index contributed by atoms with van der Waals surface area (Å²) in [7, 11) is 1.53. The van der Waals surface area contributed by atoms with E-state index < -0.39 is 5.97 Å². The third kappa shape index (κ3) is 4.23. The molecule has 0 aliphatic heterocycles. The zero-order valence-corrected chi connectivity index (χ0v) is 13.1. The van der Waals surface area contributed by atoms with Gasteiger partial charge in [-0.25, -0.2) is 0 Å². The lowest BCUT2D eigenvalue weighted by atomic mass is 10.1. The van der Waals surface area contributed by atoms with Crippen LogP contribution in [-0.4, -0.2) is 18.2 Å².